The number of urea groups is 1. The van der Waals surface area contributed by atoms with Gasteiger partial charge in [0.25, 0.3) is 0 Å². The van der Waals surface area contributed by atoms with E-state index in [1.807, 2.05) is 6.92 Å². The third-order valence-electron chi connectivity index (χ3n) is 4.00. The SMILES string of the molecule is CC1CCN(C(=O)N2CC(O)CC2C(=O)O)CC1O. The average molecular weight is 272 g/mol. The summed E-state index contributed by atoms with van der Waals surface area (Å²) in [4.78, 5) is 26.0. The van der Waals surface area contributed by atoms with E-state index < -0.39 is 30.3 Å². The Morgan fingerprint density at radius 1 is 1.21 bits per heavy atom. The molecule has 0 radical (unpaired) electrons. The fourth-order valence-electron chi connectivity index (χ4n) is 2.66. The Balaban J connectivity index is 2.04. The number of carbonyl (C=O) groups excluding carboxylic acids is 1. The van der Waals surface area contributed by atoms with Crippen LogP contribution in [0.2, 0.25) is 0 Å². The second-order valence-electron chi connectivity index (χ2n) is 5.46. The van der Waals surface area contributed by atoms with Crippen LogP contribution in [0.25, 0.3) is 0 Å². The third-order valence-corrected chi connectivity index (χ3v) is 4.00. The molecule has 7 heteroatoms. The van der Waals surface area contributed by atoms with Gasteiger partial charge in [-0.1, -0.05) is 6.92 Å². The summed E-state index contributed by atoms with van der Waals surface area (Å²) < 4.78 is 0. The maximum atomic E-state index is 12.3. The molecule has 7 nitrogen and oxygen atoms in total. The number of likely N-dealkylation sites (tertiary alicyclic amines) is 2. The van der Waals surface area contributed by atoms with Crippen molar-refractivity contribution in [2.75, 3.05) is 19.6 Å². The van der Waals surface area contributed by atoms with Crippen LogP contribution in [0.3, 0.4) is 0 Å². The molecule has 0 aromatic heterocycles. The van der Waals surface area contributed by atoms with E-state index >= 15 is 0 Å². The number of hydrogen-bond acceptors (Lipinski definition) is 4. The van der Waals surface area contributed by atoms with E-state index in [1.165, 1.54) is 9.80 Å². The topological polar surface area (TPSA) is 101 Å². The number of hydrogen-bond donors (Lipinski definition) is 3. The zero-order valence-corrected chi connectivity index (χ0v) is 10.9. The van der Waals surface area contributed by atoms with Crippen molar-refractivity contribution in [3.05, 3.63) is 0 Å². The number of carboxylic acids is 1. The molecule has 0 aromatic rings. The van der Waals surface area contributed by atoms with Crippen molar-refractivity contribution >= 4 is 12.0 Å². The molecule has 4 atom stereocenters. The van der Waals surface area contributed by atoms with Crippen molar-refractivity contribution in [3.63, 3.8) is 0 Å². The van der Waals surface area contributed by atoms with Gasteiger partial charge in [-0.05, 0) is 12.3 Å². The van der Waals surface area contributed by atoms with Crippen molar-refractivity contribution in [1.29, 1.82) is 0 Å². The monoisotopic (exact) mass is 272 g/mol. The lowest BCUT2D eigenvalue weighted by Gasteiger charge is -2.37. The van der Waals surface area contributed by atoms with Crippen molar-refractivity contribution in [3.8, 4) is 0 Å². The van der Waals surface area contributed by atoms with Crippen molar-refractivity contribution < 1.29 is 24.9 Å². The van der Waals surface area contributed by atoms with Gasteiger partial charge >= 0.3 is 12.0 Å². The summed E-state index contributed by atoms with van der Waals surface area (Å²) in [6, 6.07) is -1.38. The van der Waals surface area contributed by atoms with Crippen molar-refractivity contribution in [1.82, 2.24) is 9.80 Å². The molecule has 2 amide bonds. The first kappa shape index (κ1) is 14.1. The minimum absolute atomic E-state index is 0.0396. The normalized spacial score (nSPS) is 35.5. The van der Waals surface area contributed by atoms with Gasteiger partial charge in [-0.25, -0.2) is 9.59 Å². The summed E-state index contributed by atoms with van der Waals surface area (Å²) in [7, 11) is 0. The standard InChI is InChI=1S/C12H20N2O5/c1-7-2-3-13(6-10(7)16)12(19)14-5-8(15)4-9(14)11(17)18/h7-10,15-16H,2-6H2,1H3,(H,17,18). The highest BCUT2D eigenvalue weighted by Crippen LogP contribution is 2.23. The lowest BCUT2D eigenvalue weighted by molar-refractivity contribution is -0.141. The lowest BCUT2D eigenvalue weighted by atomic mass is 9.96. The van der Waals surface area contributed by atoms with Crippen LogP contribution < -0.4 is 0 Å². The molecule has 2 aliphatic heterocycles. The fraction of sp³-hybridized carbons (Fsp3) is 0.833. The highest BCUT2D eigenvalue weighted by atomic mass is 16.4. The second-order valence-corrected chi connectivity index (χ2v) is 5.46. The number of aliphatic hydroxyl groups excluding tert-OH is 2. The van der Waals surface area contributed by atoms with Crippen molar-refractivity contribution in [2.24, 2.45) is 5.92 Å². The molecule has 0 saturated carbocycles. The highest BCUT2D eigenvalue weighted by Gasteiger charge is 2.41. The zero-order chi connectivity index (χ0) is 14.2. The Morgan fingerprint density at radius 3 is 2.47 bits per heavy atom. The van der Waals surface area contributed by atoms with E-state index in [0.29, 0.717) is 13.0 Å². The van der Waals surface area contributed by atoms with Crippen molar-refractivity contribution in [2.45, 2.75) is 38.0 Å². The Bertz CT molecular complexity index is 375. The summed E-state index contributed by atoms with van der Waals surface area (Å²) in [5.41, 5.74) is 0. The molecule has 4 unspecified atom stereocenters. The van der Waals surface area contributed by atoms with Gasteiger partial charge in [0.05, 0.1) is 12.2 Å². The van der Waals surface area contributed by atoms with Crippen LogP contribution >= 0.6 is 0 Å². The van der Waals surface area contributed by atoms with E-state index in [1.54, 1.807) is 0 Å². The summed E-state index contributed by atoms with van der Waals surface area (Å²) in [5, 5.41) is 28.4. The average Bonchev–Trinajstić information content (AvgIpc) is 2.74. The summed E-state index contributed by atoms with van der Waals surface area (Å²) >= 11 is 0. The van der Waals surface area contributed by atoms with E-state index in [2.05, 4.69) is 0 Å². The Kier molecular flexibility index (Phi) is 3.96. The minimum Gasteiger partial charge on any atom is -0.480 e. The number of piperidine rings is 1. The minimum atomic E-state index is -1.10. The second kappa shape index (κ2) is 5.34. The van der Waals surface area contributed by atoms with Crippen LogP contribution in [-0.2, 0) is 4.79 Å². The summed E-state index contributed by atoms with van der Waals surface area (Å²) in [6.07, 6.45) is -0.610. The maximum Gasteiger partial charge on any atom is 0.326 e. The molecule has 2 aliphatic rings. The number of amides is 2. The predicted molar refractivity (Wildman–Crippen MR) is 65.5 cm³/mol. The first-order valence-electron chi connectivity index (χ1n) is 6.54. The smallest absolute Gasteiger partial charge is 0.326 e. The molecular formula is C12H20N2O5. The quantitative estimate of drug-likeness (QED) is 0.587. The van der Waals surface area contributed by atoms with Gasteiger partial charge < -0.3 is 25.1 Å². The molecule has 3 N–H and O–H groups in total. The molecule has 0 aliphatic carbocycles. The molecule has 108 valence electrons. The van der Waals surface area contributed by atoms with Gasteiger partial charge in [0.2, 0.25) is 0 Å². The van der Waals surface area contributed by atoms with E-state index in [-0.39, 0.29) is 25.4 Å². The number of carboxylic acid groups (broad SMARTS) is 1. The van der Waals surface area contributed by atoms with Crippen LogP contribution in [0.15, 0.2) is 0 Å². The summed E-state index contributed by atoms with van der Waals surface area (Å²) in [6.45, 7) is 2.69. The van der Waals surface area contributed by atoms with Gasteiger partial charge in [0, 0.05) is 26.1 Å². The molecule has 0 spiro atoms. The van der Waals surface area contributed by atoms with E-state index in [9.17, 15) is 19.8 Å². The first-order chi connectivity index (χ1) is 8.90. The summed E-state index contributed by atoms with van der Waals surface area (Å²) in [5.74, 6) is -0.959. The van der Waals surface area contributed by atoms with E-state index in [0.717, 1.165) is 0 Å². The molecule has 2 heterocycles. The predicted octanol–water partition coefficient (Wildman–Crippen LogP) is -0.671. The van der Waals surface area contributed by atoms with Crippen LogP contribution in [0.4, 0.5) is 4.79 Å². The molecule has 2 rings (SSSR count). The fourth-order valence-corrected chi connectivity index (χ4v) is 2.66. The Morgan fingerprint density at radius 2 is 1.89 bits per heavy atom. The van der Waals surface area contributed by atoms with Crippen LogP contribution in [0.1, 0.15) is 19.8 Å². The molecule has 0 aromatic carbocycles. The first-order valence-corrected chi connectivity index (χ1v) is 6.54. The van der Waals surface area contributed by atoms with Crippen LogP contribution in [0, 0.1) is 5.92 Å². The molecule has 19 heavy (non-hydrogen) atoms. The number of rotatable bonds is 1. The number of aliphatic carboxylic acids is 1. The number of nitrogens with zero attached hydrogens (tertiary/aromatic N) is 2. The molecule has 2 saturated heterocycles. The molecule has 0 bridgehead atoms. The van der Waals surface area contributed by atoms with Gasteiger partial charge in [-0.3, -0.25) is 0 Å². The van der Waals surface area contributed by atoms with E-state index in [4.69, 9.17) is 5.11 Å². The zero-order valence-electron chi connectivity index (χ0n) is 10.9. The third kappa shape index (κ3) is 2.82. The number of β-amino-alcohol motifs (C(OH)–C–C–N with tert-alkyl or cyclic N) is 2. The largest absolute Gasteiger partial charge is 0.480 e. The van der Waals surface area contributed by atoms with Crippen LogP contribution in [0.5, 0.6) is 0 Å². The molecule has 2 fully saturated rings. The molecular weight excluding hydrogens is 252 g/mol. The highest BCUT2D eigenvalue weighted by molar-refractivity contribution is 5.83. The number of carbonyl (C=O) groups is 2. The Labute approximate surface area is 111 Å². The lowest BCUT2D eigenvalue weighted by Crippen LogP contribution is -2.53. The maximum absolute atomic E-state index is 12.3. The van der Waals surface area contributed by atoms with Crippen LogP contribution in [-0.4, -0.2) is 75.0 Å². The van der Waals surface area contributed by atoms with Gasteiger partial charge in [-0.2, -0.15) is 0 Å². The van der Waals surface area contributed by atoms with Gasteiger partial charge in [0.1, 0.15) is 6.04 Å². The van der Waals surface area contributed by atoms with Gasteiger partial charge in [-0.15, -0.1) is 0 Å². The Hall–Kier alpha value is -1.34. The number of aliphatic hydroxyl groups is 2. The van der Waals surface area contributed by atoms with Gasteiger partial charge in [0.15, 0.2) is 0 Å².